The van der Waals surface area contributed by atoms with E-state index in [1.807, 2.05) is 11.8 Å². The van der Waals surface area contributed by atoms with Gasteiger partial charge in [0.15, 0.2) is 5.16 Å². The van der Waals surface area contributed by atoms with Crippen molar-refractivity contribution in [1.82, 2.24) is 15.0 Å². The van der Waals surface area contributed by atoms with E-state index in [1.165, 1.54) is 0 Å². The van der Waals surface area contributed by atoms with Crippen molar-refractivity contribution in [2.45, 2.75) is 35.9 Å². The van der Waals surface area contributed by atoms with Crippen molar-refractivity contribution < 1.29 is 8.78 Å². The summed E-state index contributed by atoms with van der Waals surface area (Å²) in [4.78, 5) is 14.5. The van der Waals surface area contributed by atoms with Crippen molar-refractivity contribution in [3.63, 3.8) is 0 Å². The lowest BCUT2D eigenvalue weighted by atomic mass is 10.2. The van der Waals surface area contributed by atoms with Crippen molar-refractivity contribution >= 4 is 40.2 Å². The number of nitrogens with one attached hydrogen (secondary N) is 1. The lowest BCUT2D eigenvalue weighted by Gasteiger charge is -2.18. The molecule has 1 atom stereocenters. The number of anilines is 1. The third-order valence-corrected chi connectivity index (χ3v) is 6.16. The van der Waals surface area contributed by atoms with E-state index < -0.39 is 11.6 Å². The Morgan fingerprint density at radius 1 is 1.41 bits per heavy atom. The molecule has 150 valence electrons. The summed E-state index contributed by atoms with van der Waals surface area (Å²) in [5.41, 5.74) is 7.18. The fourth-order valence-electron chi connectivity index (χ4n) is 3.41. The maximum atomic E-state index is 14.0. The highest BCUT2D eigenvalue weighted by Crippen LogP contribution is 2.38. The van der Waals surface area contributed by atoms with Crippen LogP contribution < -0.4 is 10.6 Å². The molecule has 0 saturated carbocycles. The van der Waals surface area contributed by atoms with E-state index in [9.17, 15) is 14.0 Å². The van der Waals surface area contributed by atoms with E-state index >= 15 is 0 Å². The summed E-state index contributed by atoms with van der Waals surface area (Å²) < 4.78 is 27.7. The number of halogens is 3. The Balaban J connectivity index is 1.85. The summed E-state index contributed by atoms with van der Waals surface area (Å²) in [7, 11) is 0. The Morgan fingerprint density at radius 2 is 2.21 bits per heavy atom. The number of nitriles is 1. The molecule has 0 aliphatic carbocycles. The molecule has 2 aromatic heterocycles. The second kappa shape index (κ2) is 7.78. The highest BCUT2D eigenvalue weighted by atomic mass is 35.5. The number of nitrogens with two attached hydrogens (primary N) is 1. The number of benzene rings is 1. The number of rotatable bonds is 4. The first-order valence-corrected chi connectivity index (χ1v) is 10.3. The highest BCUT2D eigenvalue weighted by Gasteiger charge is 2.26. The van der Waals surface area contributed by atoms with Gasteiger partial charge in [0.25, 0.3) is 0 Å². The van der Waals surface area contributed by atoms with Crippen molar-refractivity contribution in [2.24, 2.45) is 5.73 Å². The van der Waals surface area contributed by atoms with Crippen LogP contribution in [0.2, 0.25) is 5.02 Å². The van der Waals surface area contributed by atoms with Crippen LogP contribution in [0, 0.1) is 23.0 Å². The predicted octanol–water partition coefficient (Wildman–Crippen LogP) is 4.01. The zero-order valence-electron chi connectivity index (χ0n) is 15.5. The number of fused-ring (bicyclic) bond motifs is 1. The molecule has 6 nitrogen and oxygen atoms in total. The van der Waals surface area contributed by atoms with Gasteiger partial charge in [-0.25, -0.2) is 18.7 Å². The van der Waals surface area contributed by atoms with E-state index in [0.29, 0.717) is 40.9 Å². The topological polar surface area (TPSA) is 94.6 Å². The molecule has 0 bridgehead atoms. The fourth-order valence-corrected chi connectivity index (χ4v) is 4.64. The fraction of sp³-hybridized carbons (Fsp3) is 0.316. The molecule has 1 fully saturated rings. The maximum Gasteiger partial charge on any atom is 0.196 e. The number of aryl methyl sites for hydroxylation is 1. The van der Waals surface area contributed by atoms with Crippen molar-refractivity contribution in [2.75, 3.05) is 18.0 Å². The Bertz CT molecular complexity index is 1140. The van der Waals surface area contributed by atoms with Crippen LogP contribution in [0.1, 0.15) is 24.6 Å². The van der Waals surface area contributed by atoms with E-state index in [0.717, 1.165) is 36.5 Å². The van der Waals surface area contributed by atoms with Crippen LogP contribution in [0.5, 0.6) is 0 Å². The van der Waals surface area contributed by atoms with Gasteiger partial charge in [-0.15, -0.1) is 0 Å². The summed E-state index contributed by atoms with van der Waals surface area (Å²) in [5, 5.41) is 10.8. The average Bonchev–Trinajstić information content (AvgIpc) is 3.24. The number of hydrogen-bond acceptors (Lipinski definition) is 6. The molecule has 1 aliphatic heterocycles. The molecule has 29 heavy (non-hydrogen) atoms. The van der Waals surface area contributed by atoms with Crippen LogP contribution in [0.4, 0.5) is 14.6 Å². The SMILES string of the molecule is CCc1[nH]c2nc(Sc3cc(F)cc(F)c3C#N)nc(N3CC[C@@H](N)C3)c2c1Cl. The van der Waals surface area contributed by atoms with Gasteiger partial charge in [-0.2, -0.15) is 5.26 Å². The molecule has 3 N–H and O–H groups in total. The van der Waals surface area contributed by atoms with Crippen LogP contribution in [0.15, 0.2) is 22.2 Å². The molecule has 0 spiro atoms. The van der Waals surface area contributed by atoms with Gasteiger partial charge in [-0.1, -0.05) is 18.5 Å². The molecule has 3 aromatic rings. The lowest BCUT2D eigenvalue weighted by molar-refractivity contribution is 0.574. The van der Waals surface area contributed by atoms with Gasteiger partial charge in [0, 0.05) is 35.8 Å². The number of aromatic amines is 1. The first-order valence-electron chi connectivity index (χ1n) is 9.06. The van der Waals surface area contributed by atoms with E-state index in [4.69, 9.17) is 17.3 Å². The quantitative estimate of drug-likeness (QED) is 0.602. The normalized spacial score (nSPS) is 16.6. The molecule has 1 aromatic carbocycles. The largest absolute Gasteiger partial charge is 0.354 e. The number of H-pyrrole nitrogens is 1. The average molecular weight is 435 g/mol. The molecule has 10 heteroatoms. The molecule has 0 radical (unpaired) electrons. The smallest absolute Gasteiger partial charge is 0.196 e. The predicted molar refractivity (Wildman–Crippen MR) is 108 cm³/mol. The minimum absolute atomic E-state index is 0.0296. The standard InChI is InChI=1S/C19H17ClF2N6S/c1-2-13-16(20)15-17(25-13)26-19(27-18(15)28-4-3-10(24)8-28)29-14-6-9(21)5-12(22)11(14)7-23/h5-6,10H,2-4,8,24H2,1H3,(H,25,26,27)/t10-/m1/s1. The minimum atomic E-state index is -0.919. The van der Waals surface area contributed by atoms with E-state index in [-0.39, 0.29) is 21.7 Å². The van der Waals surface area contributed by atoms with Crippen LogP contribution in [0.25, 0.3) is 11.0 Å². The Kier molecular flexibility index (Phi) is 5.34. The zero-order chi connectivity index (χ0) is 20.7. The molecular formula is C19H17ClF2N6S. The lowest BCUT2D eigenvalue weighted by Crippen LogP contribution is -2.27. The first-order chi connectivity index (χ1) is 13.9. The monoisotopic (exact) mass is 434 g/mol. The van der Waals surface area contributed by atoms with Crippen LogP contribution in [-0.4, -0.2) is 34.1 Å². The summed E-state index contributed by atoms with van der Waals surface area (Å²) in [6, 6.07) is 3.59. The van der Waals surface area contributed by atoms with Gasteiger partial charge in [-0.05, 0) is 30.7 Å². The van der Waals surface area contributed by atoms with Crippen molar-refractivity contribution in [3.05, 3.63) is 40.0 Å². The summed E-state index contributed by atoms with van der Waals surface area (Å²) in [6.45, 7) is 3.31. The summed E-state index contributed by atoms with van der Waals surface area (Å²) in [5.74, 6) is -1.06. The van der Waals surface area contributed by atoms with Gasteiger partial charge in [0.1, 0.15) is 34.7 Å². The third kappa shape index (κ3) is 3.64. The second-order valence-electron chi connectivity index (χ2n) is 6.79. The van der Waals surface area contributed by atoms with Crippen LogP contribution in [-0.2, 0) is 6.42 Å². The van der Waals surface area contributed by atoms with Gasteiger partial charge in [-0.3, -0.25) is 0 Å². The first kappa shape index (κ1) is 19.9. The third-order valence-electron chi connectivity index (χ3n) is 4.83. The molecule has 3 heterocycles. The van der Waals surface area contributed by atoms with Gasteiger partial charge in [0.05, 0.1) is 10.4 Å². The number of hydrogen-bond donors (Lipinski definition) is 2. The maximum absolute atomic E-state index is 14.0. The zero-order valence-corrected chi connectivity index (χ0v) is 17.0. The van der Waals surface area contributed by atoms with Crippen LogP contribution in [0.3, 0.4) is 0 Å². The Morgan fingerprint density at radius 3 is 2.86 bits per heavy atom. The van der Waals surface area contributed by atoms with Gasteiger partial charge in [0.2, 0.25) is 0 Å². The van der Waals surface area contributed by atoms with Crippen molar-refractivity contribution in [3.8, 4) is 6.07 Å². The molecular weight excluding hydrogens is 418 g/mol. The molecule has 1 saturated heterocycles. The van der Waals surface area contributed by atoms with Crippen LogP contribution >= 0.6 is 23.4 Å². The highest BCUT2D eigenvalue weighted by molar-refractivity contribution is 7.99. The van der Waals surface area contributed by atoms with Crippen molar-refractivity contribution in [1.29, 1.82) is 5.26 Å². The molecule has 4 rings (SSSR count). The number of nitrogens with zero attached hydrogens (tertiary/aromatic N) is 4. The molecule has 1 aliphatic rings. The van der Waals surface area contributed by atoms with E-state index in [1.54, 1.807) is 6.07 Å². The Labute approximate surface area is 175 Å². The minimum Gasteiger partial charge on any atom is -0.354 e. The molecule has 0 unspecified atom stereocenters. The van der Waals surface area contributed by atoms with Gasteiger partial charge < -0.3 is 15.6 Å². The van der Waals surface area contributed by atoms with E-state index in [2.05, 4.69) is 15.0 Å². The Hall–Kier alpha value is -2.41. The summed E-state index contributed by atoms with van der Waals surface area (Å²) >= 11 is 7.49. The van der Waals surface area contributed by atoms with Gasteiger partial charge >= 0.3 is 0 Å². The number of aromatic nitrogens is 3. The molecule has 0 amide bonds. The second-order valence-corrected chi connectivity index (χ2v) is 8.18. The summed E-state index contributed by atoms with van der Waals surface area (Å²) in [6.07, 6.45) is 1.51.